The van der Waals surface area contributed by atoms with Crippen LogP contribution in [0.25, 0.3) is 0 Å². The molecule has 0 saturated carbocycles. The average Bonchev–Trinajstić information content (AvgIpc) is 3.23. The van der Waals surface area contributed by atoms with Gasteiger partial charge in [-0.2, -0.15) is 20.5 Å². The van der Waals surface area contributed by atoms with Crippen molar-refractivity contribution in [1.29, 1.82) is 0 Å². The Balaban J connectivity index is 1.26. The van der Waals surface area contributed by atoms with Crippen LogP contribution in [-0.2, 0) is 19.2 Å². The number of carbonyl (C=O) groups is 6. The van der Waals surface area contributed by atoms with E-state index in [0.29, 0.717) is 11.4 Å². The first-order valence-corrected chi connectivity index (χ1v) is 21.3. The Hall–Kier alpha value is -5.74. The lowest BCUT2D eigenvalue weighted by molar-refractivity contribution is -0.127. The average molecular weight is 986 g/mol. The molecule has 4 atom stereocenters. The van der Waals surface area contributed by atoms with Gasteiger partial charge in [0.25, 0.3) is 23.6 Å². The van der Waals surface area contributed by atoms with Gasteiger partial charge in [-0.1, -0.05) is 70.7 Å². The maximum Gasteiger partial charge on any atom is 0.258 e. The number of nitrogens with one attached hydrogen (secondary N) is 4. The van der Waals surface area contributed by atoms with Gasteiger partial charge in [-0.05, 0) is 112 Å². The molecule has 0 bridgehead atoms. The van der Waals surface area contributed by atoms with E-state index in [9.17, 15) is 28.8 Å². The highest BCUT2D eigenvalue weighted by Crippen LogP contribution is 2.34. The van der Waals surface area contributed by atoms with E-state index in [1.807, 2.05) is 12.1 Å². The van der Waals surface area contributed by atoms with E-state index in [2.05, 4.69) is 41.7 Å². The van der Waals surface area contributed by atoms with Crippen LogP contribution in [0.2, 0.25) is 20.1 Å². The highest BCUT2D eigenvalue weighted by atomic mass is 35.5. The van der Waals surface area contributed by atoms with Crippen LogP contribution in [0, 0.1) is 0 Å². The van der Waals surface area contributed by atoms with Crippen LogP contribution in [-0.4, -0.2) is 47.3 Å². The second kappa shape index (κ2) is 22.2. The maximum absolute atomic E-state index is 13.3. The van der Waals surface area contributed by atoms with Gasteiger partial charge in [-0.3, -0.25) is 28.8 Å². The smallest absolute Gasteiger partial charge is 0.258 e. The van der Waals surface area contributed by atoms with Crippen molar-refractivity contribution in [3.05, 3.63) is 139 Å². The topological polar surface area (TPSA) is 200 Å². The number of hydrogen-bond acceptors (Lipinski definition) is 10. The fraction of sp³-hybridized carbons (Fsp3) is 0.182. The van der Waals surface area contributed by atoms with Crippen molar-refractivity contribution >= 4 is 139 Å². The molecule has 0 saturated heterocycles. The zero-order chi connectivity index (χ0) is 46.8. The minimum absolute atomic E-state index is 0.000396. The summed E-state index contributed by atoms with van der Waals surface area (Å²) in [7, 11) is 0. The molecule has 4 amide bonds. The van der Waals surface area contributed by atoms with E-state index >= 15 is 0 Å². The van der Waals surface area contributed by atoms with E-state index in [-0.39, 0.29) is 64.7 Å². The van der Waals surface area contributed by atoms with Gasteiger partial charge < -0.3 is 21.3 Å². The summed E-state index contributed by atoms with van der Waals surface area (Å²) < 4.78 is 0. The van der Waals surface area contributed by atoms with E-state index in [1.54, 1.807) is 50.2 Å². The van der Waals surface area contributed by atoms with Crippen LogP contribution >= 0.6 is 69.6 Å². The first kappa shape index (κ1) is 49.3. The van der Waals surface area contributed by atoms with Gasteiger partial charge in [0.1, 0.15) is 11.4 Å². The molecular weight excluding hydrogens is 949 g/mol. The number of Topliss-reactive ketones (excluding diaryl/α,β-unsaturated/α-hetero) is 2. The van der Waals surface area contributed by atoms with Crippen molar-refractivity contribution in [3.8, 4) is 0 Å². The Bertz CT molecular complexity index is 2530. The highest BCUT2D eigenvalue weighted by Gasteiger charge is 2.27. The SMILES string of the molecule is CC(=O)C(N=Nc1cc(C(=O)Nc2cccc(C(C)Cl)c2)ccc1Cl)C(=O)Nc1cc(Cl)c(NC(=O)C(N=Nc2cc(C(=O)Nc3cccc(C(C)Cl)c3)ccc2Cl)C(C)=O)cc1Cl. The summed E-state index contributed by atoms with van der Waals surface area (Å²) in [6.45, 7) is 5.84. The quantitative estimate of drug-likeness (QED) is 0.0430. The van der Waals surface area contributed by atoms with Gasteiger partial charge in [0.2, 0.25) is 12.1 Å². The molecule has 0 fully saturated rings. The number of halogens is 6. The number of anilines is 4. The number of rotatable bonds is 16. The molecular formula is C44H36Cl6N8O6. The number of azo groups is 2. The first-order chi connectivity index (χ1) is 30.3. The third kappa shape index (κ3) is 13.2. The van der Waals surface area contributed by atoms with E-state index in [0.717, 1.165) is 25.0 Å². The number of benzene rings is 5. The molecule has 5 aromatic rings. The van der Waals surface area contributed by atoms with Crippen LogP contribution in [0.5, 0.6) is 0 Å². The highest BCUT2D eigenvalue weighted by molar-refractivity contribution is 6.38. The van der Waals surface area contributed by atoms with Crippen molar-refractivity contribution in [2.45, 2.75) is 50.5 Å². The van der Waals surface area contributed by atoms with Crippen molar-refractivity contribution in [1.82, 2.24) is 0 Å². The fourth-order valence-electron chi connectivity index (χ4n) is 5.61. The molecule has 20 heteroatoms. The Morgan fingerprint density at radius 2 is 0.859 bits per heavy atom. The first-order valence-electron chi connectivity index (χ1n) is 18.9. The molecule has 0 radical (unpaired) electrons. The molecule has 330 valence electrons. The Morgan fingerprint density at radius 3 is 1.20 bits per heavy atom. The summed E-state index contributed by atoms with van der Waals surface area (Å²) in [5.74, 6) is -4.27. The molecule has 4 unspecified atom stereocenters. The Labute approximate surface area is 397 Å². The predicted molar refractivity (Wildman–Crippen MR) is 252 cm³/mol. The number of carbonyl (C=O) groups excluding carboxylic acids is 6. The summed E-state index contributed by atoms with van der Waals surface area (Å²) in [4.78, 5) is 77.9. The lowest BCUT2D eigenvalue weighted by Gasteiger charge is -2.15. The Morgan fingerprint density at radius 1 is 0.484 bits per heavy atom. The molecule has 5 aromatic carbocycles. The second-order valence-corrected chi connectivity index (χ2v) is 16.9. The van der Waals surface area contributed by atoms with Crippen LogP contribution in [0.4, 0.5) is 34.1 Å². The van der Waals surface area contributed by atoms with Crippen LogP contribution in [0.1, 0.15) is 70.3 Å². The zero-order valence-electron chi connectivity index (χ0n) is 34.1. The van der Waals surface area contributed by atoms with E-state index in [4.69, 9.17) is 69.6 Å². The number of amides is 4. The number of alkyl halides is 2. The summed E-state index contributed by atoms with van der Waals surface area (Å²) >= 11 is 37.9. The standard InChI is InChI=1S/C44H36Cl6N8O6/c1-21(45)25-7-5-9-29(15-25)51-41(61)27-11-13-31(47)37(17-27)55-57-39(23(3)59)43(63)53-35-19-34(50)36(20-33(35)49)54-44(64)40(24(4)60)58-56-38-18-28(12-14-32(38)48)42(62)52-30-10-6-8-26(16-30)22(2)46/h5-22,39-40H,1-4H3,(H,51,61)(H,52,62)(H,53,63)(H,54,64). The molecule has 0 spiro atoms. The molecule has 14 nitrogen and oxygen atoms in total. The molecule has 0 aliphatic rings. The van der Waals surface area contributed by atoms with Crippen molar-refractivity contribution in [2.75, 3.05) is 21.3 Å². The number of nitrogens with zero attached hydrogens (tertiary/aromatic N) is 4. The minimum atomic E-state index is -1.69. The van der Waals surface area contributed by atoms with E-state index < -0.39 is 47.3 Å². The summed E-state index contributed by atoms with van der Waals surface area (Å²) in [5, 5.41) is 25.7. The molecule has 0 aliphatic carbocycles. The third-order valence-corrected chi connectivity index (χ3v) is 10.8. The lowest BCUT2D eigenvalue weighted by atomic mass is 10.1. The van der Waals surface area contributed by atoms with Gasteiger partial charge in [-0.15, -0.1) is 23.2 Å². The lowest BCUT2D eigenvalue weighted by Crippen LogP contribution is -2.32. The molecule has 0 aliphatic heterocycles. The maximum atomic E-state index is 13.3. The zero-order valence-corrected chi connectivity index (χ0v) is 38.6. The monoisotopic (exact) mass is 982 g/mol. The number of hydrogen-bond donors (Lipinski definition) is 4. The minimum Gasteiger partial charge on any atom is -0.322 e. The van der Waals surface area contributed by atoms with Gasteiger partial charge in [0.15, 0.2) is 11.6 Å². The van der Waals surface area contributed by atoms with Gasteiger partial charge in [-0.25, -0.2) is 0 Å². The second-order valence-electron chi connectivity index (χ2n) is 14.0. The normalized spacial score (nSPS) is 13.2. The largest absolute Gasteiger partial charge is 0.322 e. The molecule has 64 heavy (non-hydrogen) atoms. The van der Waals surface area contributed by atoms with Gasteiger partial charge in [0, 0.05) is 22.5 Å². The summed E-state index contributed by atoms with van der Waals surface area (Å²) in [5.41, 5.74) is 2.81. The fourth-order valence-corrected chi connectivity index (χ4v) is 6.62. The predicted octanol–water partition coefficient (Wildman–Crippen LogP) is 12.8. The van der Waals surface area contributed by atoms with Crippen molar-refractivity contribution < 1.29 is 28.8 Å². The molecule has 5 rings (SSSR count). The summed E-state index contributed by atoms with van der Waals surface area (Å²) in [6.07, 6.45) is 0. The van der Waals surface area contributed by atoms with Crippen LogP contribution in [0.15, 0.2) is 118 Å². The van der Waals surface area contributed by atoms with Gasteiger partial charge >= 0.3 is 0 Å². The molecule has 0 heterocycles. The number of ketones is 2. The third-order valence-electron chi connectivity index (χ3n) is 9.03. The van der Waals surface area contributed by atoms with E-state index in [1.165, 1.54) is 48.5 Å². The van der Waals surface area contributed by atoms with Crippen LogP contribution < -0.4 is 21.3 Å². The molecule has 4 N–H and O–H groups in total. The van der Waals surface area contributed by atoms with Crippen molar-refractivity contribution in [3.63, 3.8) is 0 Å². The van der Waals surface area contributed by atoms with Crippen molar-refractivity contribution in [2.24, 2.45) is 20.5 Å². The van der Waals surface area contributed by atoms with Crippen LogP contribution in [0.3, 0.4) is 0 Å². The molecule has 0 aromatic heterocycles. The summed E-state index contributed by atoms with van der Waals surface area (Å²) in [6, 6.07) is 21.5. The van der Waals surface area contributed by atoms with Gasteiger partial charge in [0.05, 0.1) is 42.2 Å². The Kier molecular flexibility index (Phi) is 17.1.